The number of ether oxygens (including phenoxy) is 3. The van der Waals surface area contributed by atoms with Crippen LogP contribution in [0, 0.1) is 0 Å². The Morgan fingerprint density at radius 2 is 1.68 bits per heavy atom. The molecule has 1 aliphatic heterocycles. The van der Waals surface area contributed by atoms with Gasteiger partial charge in [0.2, 0.25) is 5.91 Å². The maximum Gasteiger partial charge on any atom is 0.252 e. The minimum Gasteiger partial charge on any atom is -0.497 e. The van der Waals surface area contributed by atoms with Crippen LogP contribution in [0.4, 0.5) is 5.69 Å². The van der Waals surface area contributed by atoms with Gasteiger partial charge in [0.15, 0.2) is 0 Å². The van der Waals surface area contributed by atoms with Crippen LogP contribution in [0.5, 0.6) is 11.5 Å². The van der Waals surface area contributed by atoms with Crippen LogP contribution in [-0.4, -0.2) is 58.4 Å². The number of carbonyl (C=O) groups excluding carboxylic acids is 2. The molecule has 0 atom stereocenters. The highest BCUT2D eigenvalue weighted by molar-refractivity contribution is 5.96. The number of rotatable bonds is 7. The zero-order chi connectivity index (χ0) is 18.3. The molecule has 138 valence electrons. The van der Waals surface area contributed by atoms with Gasteiger partial charge in [0.05, 0.1) is 20.8 Å². The Morgan fingerprint density at radius 3 is 2.20 bits per heavy atom. The van der Waals surface area contributed by atoms with Crippen molar-refractivity contribution in [2.45, 2.75) is 18.4 Å². The molecule has 0 aliphatic carbocycles. The highest BCUT2D eigenvalue weighted by Gasteiger charge is 2.39. The highest BCUT2D eigenvalue weighted by atomic mass is 16.5. The van der Waals surface area contributed by atoms with Crippen molar-refractivity contribution in [2.75, 3.05) is 46.3 Å². The van der Waals surface area contributed by atoms with Crippen LogP contribution in [0.25, 0.3) is 0 Å². The molecule has 1 aromatic carbocycles. The summed E-state index contributed by atoms with van der Waals surface area (Å²) in [7, 11) is 4.58. The molecule has 0 aromatic heterocycles. The Balaban J connectivity index is 1.93. The van der Waals surface area contributed by atoms with Gasteiger partial charge in [-0.3, -0.25) is 9.59 Å². The summed E-state index contributed by atoms with van der Waals surface area (Å²) in [6.07, 6.45) is 1.15. The third-order valence-electron chi connectivity index (χ3n) is 4.26. The molecule has 2 rings (SSSR count). The maximum absolute atomic E-state index is 12.4. The molecule has 3 N–H and O–H groups in total. The van der Waals surface area contributed by atoms with Crippen LogP contribution >= 0.6 is 0 Å². The number of methoxy groups -OCH3 is 3. The topological polar surface area (TPSA) is 97.9 Å². The fourth-order valence-electron chi connectivity index (χ4n) is 2.76. The van der Waals surface area contributed by atoms with Crippen molar-refractivity contribution in [2.24, 2.45) is 0 Å². The molecule has 0 bridgehead atoms. The second kappa shape index (κ2) is 8.68. The Hall–Kier alpha value is -2.32. The van der Waals surface area contributed by atoms with Crippen LogP contribution in [0.3, 0.4) is 0 Å². The molecule has 0 unspecified atom stereocenters. The standard InChI is InChI=1S/C17H25N3O5/c1-23-13-8-12(9-14(10-13)24-2)20-15(21)11-19-16(22)17(25-3)4-6-18-7-5-17/h8-10,18H,4-7,11H2,1-3H3,(H,19,22)(H,20,21). The quantitative estimate of drug-likeness (QED) is 0.663. The number of carbonyl (C=O) groups is 2. The van der Waals surface area contributed by atoms with E-state index in [4.69, 9.17) is 14.2 Å². The van der Waals surface area contributed by atoms with Gasteiger partial charge in [0, 0.05) is 31.0 Å². The van der Waals surface area contributed by atoms with E-state index in [1.807, 2.05) is 0 Å². The zero-order valence-electron chi connectivity index (χ0n) is 14.8. The van der Waals surface area contributed by atoms with Gasteiger partial charge in [-0.15, -0.1) is 0 Å². The summed E-state index contributed by atoms with van der Waals surface area (Å²) < 4.78 is 15.8. The molecule has 8 nitrogen and oxygen atoms in total. The van der Waals surface area contributed by atoms with Crippen molar-refractivity contribution >= 4 is 17.5 Å². The summed E-state index contributed by atoms with van der Waals surface area (Å²) in [6.45, 7) is 1.27. The molecule has 1 saturated heterocycles. The predicted octanol–water partition coefficient (Wildman–Crippen LogP) is 0.527. The second-order valence-corrected chi connectivity index (χ2v) is 5.78. The van der Waals surface area contributed by atoms with Crippen molar-refractivity contribution in [3.63, 3.8) is 0 Å². The minimum atomic E-state index is -0.870. The average molecular weight is 351 g/mol. The largest absolute Gasteiger partial charge is 0.497 e. The summed E-state index contributed by atoms with van der Waals surface area (Å²) in [4.78, 5) is 24.6. The molecule has 25 heavy (non-hydrogen) atoms. The highest BCUT2D eigenvalue weighted by Crippen LogP contribution is 2.26. The first-order valence-corrected chi connectivity index (χ1v) is 8.10. The van der Waals surface area contributed by atoms with Crippen molar-refractivity contribution < 1.29 is 23.8 Å². The molecule has 1 aromatic rings. The fraction of sp³-hybridized carbons (Fsp3) is 0.529. The summed E-state index contributed by atoms with van der Waals surface area (Å²) in [6, 6.07) is 5.05. The molecule has 1 aliphatic rings. The molecule has 8 heteroatoms. The summed E-state index contributed by atoms with van der Waals surface area (Å²) in [5.74, 6) is 0.511. The Morgan fingerprint density at radius 1 is 1.08 bits per heavy atom. The Labute approximate surface area is 147 Å². The minimum absolute atomic E-state index is 0.142. The van der Waals surface area contributed by atoms with Crippen LogP contribution in [0.15, 0.2) is 18.2 Å². The summed E-state index contributed by atoms with van der Waals surface area (Å²) in [5, 5.41) is 8.55. The van der Waals surface area contributed by atoms with Gasteiger partial charge in [0.25, 0.3) is 5.91 Å². The molecule has 0 spiro atoms. The molecule has 0 radical (unpaired) electrons. The van der Waals surface area contributed by atoms with Gasteiger partial charge in [-0.1, -0.05) is 0 Å². The lowest BCUT2D eigenvalue weighted by atomic mass is 9.91. The third kappa shape index (κ3) is 4.83. The molecule has 0 saturated carbocycles. The van der Waals surface area contributed by atoms with E-state index in [9.17, 15) is 9.59 Å². The van der Waals surface area contributed by atoms with E-state index in [-0.39, 0.29) is 18.4 Å². The molecule has 1 fully saturated rings. The van der Waals surface area contributed by atoms with Crippen molar-refractivity contribution in [3.05, 3.63) is 18.2 Å². The normalized spacial score (nSPS) is 16.0. The zero-order valence-corrected chi connectivity index (χ0v) is 14.8. The number of anilines is 1. The number of benzene rings is 1. The SMILES string of the molecule is COc1cc(NC(=O)CNC(=O)C2(OC)CCNCC2)cc(OC)c1. The van der Waals surface area contributed by atoms with Crippen LogP contribution in [-0.2, 0) is 14.3 Å². The van der Waals surface area contributed by atoms with E-state index < -0.39 is 5.60 Å². The third-order valence-corrected chi connectivity index (χ3v) is 4.26. The van der Waals surface area contributed by atoms with E-state index in [1.54, 1.807) is 18.2 Å². The maximum atomic E-state index is 12.4. The number of hydrogen-bond acceptors (Lipinski definition) is 6. The van der Waals surface area contributed by atoms with Crippen molar-refractivity contribution in [1.82, 2.24) is 10.6 Å². The lowest BCUT2D eigenvalue weighted by Crippen LogP contribution is -2.55. The first-order valence-electron chi connectivity index (χ1n) is 8.10. The lowest BCUT2D eigenvalue weighted by molar-refractivity contribution is -0.147. The Kier molecular flexibility index (Phi) is 6.60. The van der Waals surface area contributed by atoms with Gasteiger partial charge >= 0.3 is 0 Å². The Bertz CT molecular complexity index is 592. The van der Waals surface area contributed by atoms with Crippen molar-refractivity contribution in [1.29, 1.82) is 0 Å². The molecule has 2 amide bonds. The van der Waals surface area contributed by atoms with Crippen LogP contribution < -0.4 is 25.4 Å². The lowest BCUT2D eigenvalue weighted by Gasteiger charge is -2.34. The smallest absolute Gasteiger partial charge is 0.252 e. The average Bonchev–Trinajstić information content (AvgIpc) is 2.66. The van der Waals surface area contributed by atoms with E-state index >= 15 is 0 Å². The molecular formula is C17H25N3O5. The monoisotopic (exact) mass is 351 g/mol. The van der Waals surface area contributed by atoms with Crippen LogP contribution in [0.2, 0.25) is 0 Å². The number of hydrogen-bond donors (Lipinski definition) is 3. The first kappa shape index (κ1) is 19.0. The van der Waals surface area contributed by atoms with Crippen LogP contribution in [0.1, 0.15) is 12.8 Å². The van der Waals surface area contributed by atoms with Gasteiger partial charge in [0.1, 0.15) is 17.1 Å². The van der Waals surface area contributed by atoms with Gasteiger partial charge in [-0.25, -0.2) is 0 Å². The number of nitrogens with one attached hydrogen (secondary N) is 3. The van der Waals surface area contributed by atoms with E-state index in [1.165, 1.54) is 21.3 Å². The van der Waals surface area contributed by atoms with Gasteiger partial charge in [-0.05, 0) is 25.9 Å². The van der Waals surface area contributed by atoms with Gasteiger partial charge in [-0.2, -0.15) is 0 Å². The number of amides is 2. The summed E-state index contributed by atoms with van der Waals surface area (Å²) >= 11 is 0. The molecule has 1 heterocycles. The van der Waals surface area contributed by atoms with Gasteiger partial charge < -0.3 is 30.2 Å². The van der Waals surface area contributed by atoms with Crippen molar-refractivity contribution in [3.8, 4) is 11.5 Å². The van der Waals surface area contributed by atoms with E-state index in [0.29, 0.717) is 43.1 Å². The predicted molar refractivity (Wildman–Crippen MR) is 93.0 cm³/mol. The first-order chi connectivity index (χ1) is 12.0. The van der Waals surface area contributed by atoms with E-state index in [2.05, 4.69) is 16.0 Å². The number of piperidine rings is 1. The second-order valence-electron chi connectivity index (χ2n) is 5.78. The molecular weight excluding hydrogens is 326 g/mol. The fourth-order valence-corrected chi connectivity index (χ4v) is 2.76. The summed E-state index contributed by atoms with van der Waals surface area (Å²) in [5.41, 5.74) is -0.344. The van der Waals surface area contributed by atoms with E-state index in [0.717, 1.165) is 0 Å².